The van der Waals surface area contributed by atoms with Crippen LogP contribution in [0.5, 0.6) is 0 Å². The smallest absolute Gasteiger partial charge is 0.243 e. The fourth-order valence-electron chi connectivity index (χ4n) is 2.02. The van der Waals surface area contributed by atoms with Crippen molar-refractivity contribution in [2.45, 2.75) is 11.3 Å². The molecule has 2 amide bonds. The van der Waals surface area contributed by atoms with Crippen molar-refractivity contribution < 1.29 is 18.4 Å². The lowest BCUT2D eigenvalue weighted by atomic mass is 10.3. The number of anilines is 1. The highest BCUT2D eigenvalue weighted by atomic mass is 32.2. The minimum Gasteiger partial charge on any atom is -0.336 e. The Balaban J connectivity index is 1.72. The summed E-state index contributed by atoms with van der Waals surface area (Å²) < 4.78 is 25.6. The van der Waals surface area contributed by atoms with Crippen LogP contribution in [0.15, 0.2) is 53.4 Å². The molecule has 2 rings (SSSR count). The summed E-state index contributed by atoms with van der Waals surface area (Å²) in [6.07, 6.45) is 0.266. The second-order valence-electron chi connectivity index (χ2n) is 5.36. The highest BCUT2D eigenvalue weighted by molar-refractivity contribution is 7.99. The van der Waals surface area contributed by atoms with Gasteiger partial charge < -0.3 is 10.2 Å². The summed E-state index contributed by atoms with van der Waals surface area (Å²) >= 11 is 1.45. The second kappa shape index (κ2) is 9.17. The number of nitrogens with one attached hydrogen (secondary N) is 1. The number of nitrogens with zero attached hydrogens (tertiary/aromatic N) is 1. The number of carbonyl (C=O) groups is 2. The quantitative estimate of drug-likeness (QED) is 0.765. The Labute approximate surface area is 149 Å². The van der Waals surface area contributed by atoms with E-state index in [1.54, 1.807) is 19.2 Å². The minimum atomic E-state index is -0.385. The number of hydrogen-bond donors (Lipinski definition) is 1. The molecule has 132 valence electrons. The first kappa shape index (κ1) is 18.9. The molecular weight excluding hydrogens is 346 g/mol. The normalized spacial score (nSPS) is 10.4. The van der Waals surface area contributed by atoms with Gasteiger partial charge in [-0.25, -0.2) is 8.78 Å². The largest absolute Gasteiger partial charge is 0.336 e. The molecule has 7 heteroatoms. The van der Waals surface area contributed by atoms with Gasteiger partial charge in [0.2, 0.25) is 11.8 Å². The van der Waals surface area contributed by atoms with Gasteiger partial charge in [-0.05, 0) is 48.5 Å². The first-order valence-electron chi connectivity index (χ1n) is 7.62. The molecule has 2 aromatic rings. The number of likely N-dealkylation sites (N-methyl/N-ethyl adjacent to an activating group) is 1. The molecule has 0 radical (unpaired) electrons. The van der Waals surface area contributed by atoms with E-state index in [0.717, 1.165) is 4.90 Å². The van der Waals surface area contributed by atoms with Crippen molar-refractivity contribution in [2.75, 3.05) is 24.7 Å². The van der Waals surface area contributed by atoms with E-state index < -0.39 is 0 Å². The van der Waals surface area contributed by atoms with Gasteiger partial charge in [0.15, 0.2) is 0 Å². The number of thioether (sulfide) groups is 1. The van der Waals surface area contributed by atoms with Gasteiger partial charge >= 0.3 is 0 Å². The van der Waals surface area contributed by atoms with Gasteiger partial charge in [-0.3, -0.25) is 9.59 Å². The zero-order valence-corrected chi connectivity index (χ0v) is 14.5. The van der Waals surface area contributed by atoms with Gasteiger partial charge in [0.1, 0.15) is 11.6 Å². The van der Waals surface area contributed by atoms with Gasteiger partial charge in [0, 0.05) is 29.8 Å². The average molecular weight is 364 g/mol. The van der Waals surface area contributed by atoms with Crippen LogP contribution in [-0.2, 0) is 9.59 Å². The second-order valence-corrected chi connectivity index (χ2v) is 6.53. The van der Waals surface area contributed by atoms with Crippen molar-refractivity contribution in [3.05, 3.63) is 60.2 Å². The maximum absolute atomic E-state index is 12.8. The van der Waals surface area contributed by atoms with E-state index >= 15 is 0 Å². The Kier molecular flexibility index (Phi) is 6.94. The molecule has 2 aromatic carbocycles. The molecule has 25 heavy (non-hydrogen) atoms. The summed E-state index contributed by atoms with van der Waals surface area (Å²) in [5, 5.41) is 2.60. The Morgan fingerprint density at radius 1 is 1.00 bits per heavy atom. The number of carbonyl (C=O) groups excluding carboxylic acids is 2. The summed E-state index contributed by atoms with van der Waals surface area (Å²) in [4.78, 5) is 26.2. The van der Waals surface area contributed by atoms with Gasteiger partial charge in [0.05, 0.1) is 6.54 Å². The van der Waals surface area contributed by atoms with Gasteiger partial charge in [-0.1, -0.05) is 0 Å². The lowest BCUT2D eigenvalue weighted by molar-refractivity contribution is -0.132. The molecule has 4 nitrogen and oxygen atoms in total. The van der Waals surface area contributed by atoms with Crippen LogP contribution in [0.4, 0.5) is 14.5 Å². The fourth-order valence-corrected chi connectivity index (χ4v) is 2.86. The van der Waals surface area contributed by atoms with Crippen LogP contribution in [0.1, 0.15) is 6.42 Å². The summed E-state index contributed by atoms with van der Waals surface area (Å²) in [5.74, 6) is -0.664. The Morgan fingerprint density at radius 3 is 2.16 bits per heavy atom. The van der Waals surface area contributed by atoms with E-state index in [0.29, 0.717) is 11.4 Å². The van der Waals surface area contributed by atoms with Gasteiger partial charge in [0.25, 0.3) is 0 Å². The van der Waals surface area contributed by atoms with E-state index in [2.05, 4.69) is 5.32 Å². The summed E-state index contributed by atoms with van der Waals surface area (Å²) in [6, 6.07) is 11.5. The molecule has 0 aromatic heterocycles. The van der Waals surface area contributed by atoms with Crippen molar-refractivity contribution in [1.82, 2.24) is 4.90 Å². The van der Waals surface area contributed by atoms with Crippen LogP contribution >= 0.6 is 11.8 Å². The molecule has 0 saturated carbocycles. The summed E-state index contributed by atoms with van der Waals surface area (Å²) in [5.41, 5.74) is 0.471. The minimum absolute atomic E-state index is 0.0859. The zero-order valence-electron chi connectivity index (χ0n) is 13.7. The molecule has 0 heterocycles. The summed E-state index contributed by atoms with van der Waals surface area (Å²) in [7, 11) is 1.55. The van der Waals surface area contributed by atoms with Gasteiger partial charge in [-0.15, -0.1) is 11.8 Å². The van der Waals surface area contributed by atoms with E-state index in [1.165, 1.54) is 53.1 Å². The molecule has 0 aliphatic rings. The monoisotopic (exact) mass is 364 g/mol. The molecule has 1 N–H and O–H groups in total. The molecule has 0 aliphatic heterocycles. The van der Waals surface area contributed by atoms with Gasteiger partial charge in [-0.2, -0.15) is 0 Å². The predicted octanol–water partition coefficient (Wildman–Crippen LogP) is 3.54. The third-order valence-corrected chi connectivity index (χ3v) is 4.35. The van der Waals surface area contributed by atoms with Crippen molar-refractivity contribution >= 4 is 29.3 Å². The maximum atomic E-state index is 12.8. The van der Waals surface area contributed by atoms with Crippen molar-refractivity contribution in [1.29, 1.82) is 0 Å². The molecule has 0 saturated heterocycles. The highest BCUT2D eigenvalue weighted by Crippen LogP contribution is 2.19. The molecule has 0 atom stereocenters. The van der Waals surface area contributed by atoms with Crippen molar-refractivity contribution in [3.8, 4) is 0 Å². The van der Waals surface area contributed by atoms with Crippen LogP contribution in [0.3, 0.4) is 0 Å². The molecule has 0 unspecified atom stereocenters. The molecular formula is C18H18F2N2O2S. The topological polar surface area (TPSA) is 49.4 Å². The SMILES string of the molecule is CN(CC(=O)Nc1ccc(F)cc1)C(=O)CCSc1ccc(F)cc1. The lowest BCUT2D eigenvalue weighted by Gasteiger charge is -2.16. The molecule has 0 bridgehead atoms. The van der Waals surface area contributed by atoms with E-state index in [4.69, 9.17) is 0 Å². The number of halogens is 2. The standard InChI is InChI=1S/C18H18F2N2O2S/c1-22(12-17(23)21-15-6-2-13(19)3-7-15)18(24)10-11-25-16-8-4-14(20)5-9-16/h2-9H,10-12H2,1H3,(H,21,23). The molecule has 0 spiro atoms. The van der Waals surface area contributed by atoms with E-state index in [1.807, 2.05) is 0 Å². The number of amides is 2. The summed E-state index contributed by atoms with van der Waals surface area (Å²) in [6.45, 7) is -0.0859. The number of benzene rings is 2. The third-order valence-electron chi connectivity index (χ3n) is 3.33. The van der Waals surface area contributed by atoms with Crippen LogP contribution < -0.4 is 5.32 Å². The maximum Gasteiger partial charge on any atom is 0.243 e. The van der Waals surface area contributed by atoms with Crippen LogP contribution in [0, 0.1) is 11.6 Å². The van der Waals surface area contributed by atoms with Crippen LogP contribution in [0.25, 0.3) is 0 Å². The average Bonchev–Trinajstić information content (AvgIpc) is 2.58. The molecule has 0 aliphatic carbocycles. The lowest BCUT2D eigenvalue weighted by Crippen LogP contribution is -2.35. The Hall–Kier alpha value is -2.41. The fraction of sp³-hybridized carbons (Fsp3) is 0.222. The van der Waals surface area contributed by atoms with E-state index in [9.17, 15) is 18.4 Å². The third kappa shape index (κ3) is 6.54. The van der Waals surface area contributed by atoms with Crippen LogP contribution in [-0.4, -0.2) is 36.1 Å². The predicted molar refractivity (Wildman–Crippen MR) is 94.4 cm³/mol. The number of hydrogen-bond acceptors (Lipinski definition) is 3. The number of rotatable bonds is 7. The first-order chi connectivity index (χ1) is 11.9. The molecule has 0 fully saturated rings. The van der Waals surface area contributed by atoms with Crippen LogP contribution in [0.2, 0.25) is 0 Å². The van der Waals surface area contributed by atoms with E-state index in [-0.39, 0.29) is 36.4 Å². The highest BCUT2D eigenvalue weighted by Gasteiger charge is 2.13. The van der Waals surface area contributed by atoms with Crippen molar-refractivity contribution in [2.24, 2.45) is 0 Å². The zero-order chi connectivity index (χ0) is 18.2. The van der Waals surface area contributed by atoms with Crippen molar-refractivity contribution in [3.63, 3.8) is 0 Å². The Bertz CT molecular complexity index is 721. The first-order valence-corrected chi connectivity index (χ1v) is 8.60. The Morgan fingerprint density at radius 2 is 1.56 bits per heavy atom.